The predicted molar refractivity (Wildman–Crippen MR) is 94.3 cm³/mol. The zero-order valence-corrected chi connectivity index (χ0v) is 14.9. The van der Waals surface area contributed by atoms with Gasteiger partial charge in [0.1, 0.15) is 11.5 Å². The summed E-state index contributed by atoms with van der Waals surface area (Å²) < 4.78 is 12.8. The number of nitrogens with zero attached hydrogens (tertiary/aromatic N) is 3. The second-order valence-corrected chi connectivity index (χ2v) is 6.54. The highest BCUT2D eigenvalue weighted by Gasteiger charge is 2.24. The fraction of sp³-hybridized carbons (Fsp3) is 0.526. The number of hydrogen-bond acceptors (Lipinski definition) is 4. The van der Waals surface area contributed by atoms with E-state index in [4.69, 9.17) is 9.47 Å². The maximum atomic E-state index is 5.58. The van der Waals surface area contributed by atoms with Crippen LogP contribution in [0.1, 0.15) is 36.8 Å². The SMILES string of the molecule is COc1ccc(CN(Cc2cnn(C)c2)C2CCCC2)c(OC)c1. The van der Waals surface area contributed by atoms with Crippen molar-refractivity contribution in [2.45, 2.75) is 44.8 Å². The van der Waals surface area contributed by atoms with Crippen LogP contribution < -0.4 is 9.47 Å². The highest BCUT2D eigenvalue weighted by atomic mass is 16.5. The molecule has 0 saturated heterocycles. The highest BCUT2D eigenvalue weighted by Crippen LogP contribution is 2.30. The van der Waals surface area contributed by atoms with Gasteiger partial charge in [-0.25, -0.2) is 0 Å². The number of rotatable bonds is 7. The summed E-state index contributed by atoms with van der Waals surface area (Å²) in [6.07, 6.45) is 9.28. The van der Waals surface area contributed by atoms with E-state index in [2.05, 4.69) is 22.3 Å². The van der Waals surface area contributed by atoms with Crippen molar-refractivity contribution in [1.29, 1.82) is 0 Å². The Kier molecular flexibility index (Phi) is 5.41. The molecule has 0 atom stereocenters. The van der Waals surface area contributed by atoms with Crippen molar-refractivity contribution in [3.8, 4) is 11.5 Å². The van der Waals surface area contributed by atoms with E-state index in [1.54, 1.807) is 14.2 Å². The normalized spacial score (nSPS) is 15.2. The second-order valence-electron chi connectivity index (χ2n) is 6.54. The van der Waals surface area contributed by atoms with Crippen molar-refractivity contribution in [3.63, 3.8) is 0 Å². The molecular weight excluding hydrogens is 302 g/mol. The zero-order chi connectivity index (χ0) is 16.9. The minimum Gasteiger partial charge on any atom is -0.497 e. The fourth-order valence-electron chi connectivity index (χ4n) is 3.57. The number of aromatic nitrogens is 2. The molecule has 1 fully saturated rings. The first-order chi connectivity index (χ1) is 11.7. The predicted octanol–water partition coefficient (Wildman–Crippen LogP) is 3.38. The summed E-state index contributed by atoms with van der Waals surface area (Å²) >= 11 is 0. The summed E-state index contributed by atoms with van der Waals surface area (Å²) in [5.41, 5.74) is 2.46. The van der Waals surface area contributed by atoms with Gasteiger partial charge in [-0.15, -0.1) is 0 Å². The van der Waals surface area contributed by atoms with Gasteiger partial charge in [-0.05, 0) is 18.9 Å². The van der Waals surface area contributed by atoms with E-state index in [-0.39, 0.29) is 0 Å². The molecule has 1 aliphatic rings. The van der Waals surface area contributed by atoms with Crippen LogP contribution in [-0.2, 0) is 20.1 Å². The van der Waals surface area contributed by atoms with Gasteiger partial charge in [-0.2, -0.15) is 5.10 Å². The highest BCUT2D eigenvalue weighted by molar-refractivity contribution is 5.40. The molecule has 1 saturated carbocycles. The van der Waals surface area contributed by atoms with Gasteiger partial charge < -0.3 is 9.47 Å². The van der Waals surface area contributed by atoms with Crippen molar-refractivity contribution < 1.29 is 9.47 Å². The Bertz CT molecular complexity index is 662. The van der Waals surface area contributed by atoms with Gasteiger partial charge in [0, 0.05) is 49.6 Å². The lowest BCUT2D eigenvalue weighted by Crippen LogP contribution is -2.32. The molecule has 1 aromatic carbocycles. The Morgan fingerprint density at radius 2 is 1.96 bits per heavy atom. The maximum absolute atomic E-state index is 5.58. The van der Waals surface area contributed by atoms with Crippen LogP contribution in [0.15, 0.2) is 30.6 Å². The lowest BCUT2D eigenvalue weighted by atomic mass is 10.1. The number of aryl methyl sites for hydroxylation is 1. The first kappa shape index (κ1) is 16.8. The molecule has 1 aliphatic carbocycles. The number of hydrogen-bond donors (Lipinski definition) is 0. The standard InChI is InChI=1S/C19H27N3O2/c1-21-12-15(11-20-21)13-22(17-6-4-5-7-17)14-16-8-9-18(23-2)10-19(16)24-3/h8-12,17H,4-7,13-14H2,1-3H3. The minimum atomic E-state index is 0.636. The molecule has 0 radical (unpaired) electrons. The Morgan fingerprint density at radius 3 is 2.58 bits per heavy atom. The summed E-state index contributed by atoms with van der Waals surface area (Å²) in [5, 5.41) is 4.31. The minimum absolute atomic E-state index is 0.636. The van der Waals surface area contributed by atoms with Crippen molar-refractivity contribution in [3.05, 3.63) is 41.7 Å². The maximum Gasteiger partial charge on any atom is 0.127 e. The molecule has 1 heterocycles. The molecule has 0 N–H and O–H groups in total. The van der Waals surface area contributed by atoms with Gasteiger partial charge in [-0.3, -0.25) is 9.58 Å². The largest absolute Gasteiger partial charge is 0.497 e. The van der Waals surface area contributed by atoms with Gasteiger partial charge in [-0.1, -0.05) is 18.9 Å². The van der Waals surface area contributed by atoms with Gasteiger partial charge in [0.15, 0.2) is 0 Å². The molecule has 5 heteroatoms. The molecule has 130 valence electrons. The van der Waals surface area contributed by atoms with E-state index in [9.17, 15) is 0 Å². The van der Waals surface area contributed by atoms with E-state index in [0.717, 1.165) is 24.6 Å². The summed E-state index contributed by atoms with van der Waals surface area (Å²) in [6, 6.07) is 6.72. The van der Waals surface area contributed by atoms with Gasteiger partial charge in [0.2, 0.25) is 0 Å². The van der Waals surface area contributed by atoms with Crippen LogP contribution in [0.3, 0.4) is 0 Å². The molecule has 0 aliphatic heterocycles. The molecule has 0 unspecified atom stereocenters. The molecular formula is C19H27N3O2. The van der Waals surface area contributed by atoms with E-state index in [1.165, 1.54) is 36.8 Å². The first-order valence-electron chi connectivity index (χ1n) is 8.62. The second kappa shape index (κ2) is 7.71. The van der Waals surface area contributed by atoms with Gasteiger partial charge in [0.25, 0.3) is 0 Å². The molecule has 24 heavy (non-hydrogen) atoms. The monoisotopic (exact) mass is 329 g/mol. The molecule has 1 aromatic heterocycles. The van der Waals surface area contributed by atoms with Crippen molar-refractivity contribution in [2.75, 3.05) is 14.2 Å². The van der Waals surface area contributed by atoms with Gasteiger partial charge >= 0.3 is 0 Å². The summed E-state index contributed by atoms with van der Waals surface area (Å²) in [4.78, 5) is 2.56. The van der Waals surface area contributed by atoms with Crippen LogP contribution in [0.2, 0.25) is 0 Å². The Hall–Kier alpha value is -2.01. The summed E-state index contributed by atoms with van der Waals surface area (Å²) in [7, 11) is 5.37. The average molecular weight is 329 g/mol. The van der Waals surface area contributed by atoms with Crippen LogP contribution >= 0.6 is 0 Å². The molecule has 0 amide bonds. The van der Waals surface area contributed by atoms with E-state index in [0.29, 0.717) is 6.04 Å². The zero-order valence-electron chi connectivity index (χ0n) is 14.9. The van der Waals surface area contributed by atoms with Crippen LogP contribution in [0.25, 0.3) is 0 Å². The van der Waals surface area contributed by atoms with Crippen LogP contribution in [0.5, 0.6) is 11.5 Å². The van der Waals surface area contributed by atoms with E-state index < -0.39 is 0 Å². The molecule has 0 bridgehead atoms. The molecule has 0 spiro atoms. The van der Waals surface area contributed by atoms with Crippen LogP contribution in [0.4, 0.5) is 0 Å². The fourth-order valence-corrected chi connectivity index (χ4v) is 3.57. The van der Waals surface area contributed by atoms with Crippen molar-refractivity contribution >= 4 is 0 Å². The first-order valence-corrected chi connectivity index (χ1v) is 8.62. The number of ether oxygens (including phenoxy) is 2. The smallest absolute Gasteiger partial charge is 0.127 e. The molecule has 3 rings (SSSR count). The Morgan fingerprint density at radius 1 is 1.17 bits per heavy atom. The van der Waals surface area contributed by atoms with Gasteiger partial charge in [0.05, 0.1) is 20.4 Å². The molecule has 5 nitrogen and oxygen atoms in total. The summed E-state index contributed by atoms with van der Waals surface area (Å²) in [6.45, 7) is 1.81. The van der Waals surface area contributed by atoms with Crippen LogP contribution in [0, 0.1) is 0 Å². The Balaban J connectivity index is 1.80. The van der Waals surface area contributed by atoms with E-state index >= 15 is 0 Å². The third-order valence-electron chi connectivity index (χ3n) is 4.85. The molecule has 2 aromatic rings. The van der Waals surface area contributed by atoms with Crippen molar-refractivity contribution in [2.24, 2.45) is 7.05 Å². The number of methoxy groups -OCH3 is 2. The Labute approximate surface area is 144 Å². The average Bonchev–Trinajstić information content (AvgIpc) is 3.26. The third kappa shape index (κ3) is 3.90. The van der Waals surface area contributed by atoms with E-state index in [1.807, 2.05) is 30.1 Å². The third-order valence-corrected chi connectivity index (χ3v) is 4.85. The lowest BCUT2D eigenvalue weighted by Gasteiger charge is -2.29. The lowest BCUT2D eigenvalue weighted by molar-refractivity contribution is 0.178. The van der Waals surface area contributed by atoms with Crippen molar-refractivity contribution in [1.82, 2.24) is 14.7 Å². The summed E-state index contributed by atoms with van der Waals surface area (Å²) in [5.74, 6) is 1.72. The topological polar surface area (TPSA) is 39.5 Å². The number of benzene rings is 1. The quantitative estimate of drug-likeness (QED) is 0.781. The van der Waals surface area contributed by atoms with Crippen LogP contribution in [-0.4, -0.2) is 34.9 Å².